The Hall–Kier alpha value is -2.20. The highest BCUT2D eigenvalue weighted by Crippen LogP contribution is 2.33. The van der Waals surface area contributed by atoms with Crippen molar-refractivity contribution in [1.82, 2.24) is 19.1 Å². The van der Waals surface area contributed by atoms with Crippen LogP contribution in [0.15, 0.2) is 31.6 Å². The number of hydrogen-bond acceptors (Lipinski definition) is 11. The Bertz CT molecular complexity index is 1340. The van der Waals surface area contributed by atoms with Crippen molar-refractivity contribution in [3.63, 3.8) is 0 Å². The number of carbonyl (C=O) groups excluding carboxylic acids is 2. The molecule has 0 radical (unpaired) electrons. The highest BCUT2D eigenvalue weighted by Gasteiger charge is 2.35. The number of aliphatic hydroxyl groups is 2. The largest absolute Gasteiger partial charge is 0.394 e. The first-order valence-electron chi connectivity index (χ1n) is 12.5. The van der Waals surface area contributed by atoms with Gasteiger partial charge in [-0.15, -0.1) is 0 Å². The standard InChI is InChI=1S/C11H15IN2O3.C9H11IN2O5.C4H6O3.2CH4/c1-3-8-6(2)4-9(17-8)14-5-7(12)10(15)13-11(14)16;10-4-2-12(9(16)11-8(4)15)7-1-5(14)6(3-13)17-7;1-3(5)7-4(2)6;;/h5-6,8-9H,3-4H2,1-2H3,(H,13,15,16);2,5-7,13-14H,1,3H2,(H,11,15,16);1-2H3;2*1H4/t6-,8-,9-;5-,6-,7-;;;/m11.../s1. The van der Waals surface area contributed by atoms with Crippen LogP contribution in [0.2, 0.25) is 0 Å². The molecule has 4 heterocycles. The third-order valence-corrected chi connectivity index (χ3v) is 7.62. The quantitative estimate of drug-likeness (QED) is 0.198. The van der Waals surface area contributed by atoms with Gasteiger partial charge >= 0.3 is 23.3 Å². The van der Waals surface area contributed by atoms with Crippen LogP contribution in [0.1, 0.15) is 74.3 Å². The summed E-state index contributed by atoms with van der Waals surface area (Å²) in [6.45, 7) is 6.24. The number of rotatable bonds is 4. The van der Waals surface area contributed by atoms with E-state index in [1.165, 1.54) is 29.2 Å². The molecule has 0 saturated carbocycles. The van der Waals surface area contributed by atoms with Crippen LogP contribution in [0.5, 0.6) is 0 Å². The predicted octanol–water partition coefficient (Wildman–Crippen LogP) is 1.62. The molecule has 0 bridgehead atoms. The average Bonchev–Trinajstić information content (AvgIpc) is 3.45. The zero-order valence-electron chi connectivity index (χ0n) is 22.7. The highest BCUT2D eigenvalue weighted by molar-refractivity contribution is 14.1. The Kier molecular flexibility index (Phi) is 17.6. The van der Waals surface area contributed by atoms with Gasteiger partial charge in [-0.25, -0.2) is 9.59 Å². The number of aromatic amines is 2. The van der Waals surface area contributed by atoms with Crippen molar-refractivity contribution in [2.45, 2.75) is 92.6 Å². The molecular weight excluding hydrogens is 798 g/mol. The third-order valence-electron chi connectivity index (χ3n) is 6.08. The number of nitrogens with one attached hydrogen (secondary N) is 2. The summed E-state index contributed by atoms with van der Waals surface area (Å²) in [4.78, 5) is 69.8. The second kappa shape index (κ2) is 18.6. The van der Waals surface area contributed by atoms with Crippen molar-refractivity contribution in [2.75, 3.05) is 6.61 Å². The summed E-state index contributed by atoms with van der Waals surface area (Å²) in [7, 11) is 0. The van der Waals surface area contributed by atoms with Crippen molar-refractivity contribution in [3.05, 3.63) is 61.2 Å². The Labute approximate surface area is 275 Å². The maximum Gasteiger partial charge on any atom is 0.330 e. The van der Waals surface area contributed by atoms with Gasteiger partial charge < -0.3 is 24.4 Å². The maximum absolute atomic E-state index is 11.7. The second-order valence-corrected chi connectivity index (χ2v) is 11.6. The molecule has 2 saturated heterocycles. The number of nitrogens with zero attached hydrogens (tertiary/aromatic N) is 2. The van der Waals surface area contributed by atoms with Gasteiger partial charge in [-0.1, -0.05) is 28.7 Å². The summed E-state index contributed by atoms with van der Waals surface area (Å²) in [5.41, 5.74) is -1.79. The van der Waals surface area contributed by atoms with Crippen molar-refractivity contribution in [3.8, 4) is 0 Å². The predicted molar refractivity (Wildman–Crippen MR) is 174 cm³/mol. The third kappa shape index (κ3) is 11.7. The molecule has 244 valence electrons. The van der Waals surface area contributed by atoms with Crippen LogP contribution in [-0.4, -0.2) is 66.2 Å². The molecule has 0 amide bonds. The molecular formula is C26H40I2N4O11. The van der Waals surface area contributed by atoms with E-state index in [2.05, 4.69) is 28.6 Å². The van der Waals surface area contributed by atoms with Crippen LogP contribution in [0.3, 0.4) is 0 Å². The fraction of sp³-hybridized carbons (Fsp3) is 0.615. The van der Waals surface area contributed by atoms with Crippen LogP contribution < -0.4 is 22.5 Å². The second-order valence-electron chi connectivity index (χ2n) is 9.24. The number of aliphatic hydroxyl groups excluding tert-OH is 2. The van der Waals surface area contributed by atoms with Crippen molar-refractivity contribution >= 4 is 57.1 Å². The lowest BCUT2D eigenvalue weighted by molar-refractivity contribution is -0.156. The molecule has 2 aliphatic heterocycles. The lowest BCUT2D eigenvalue weighted by Gasteiger charge is -2.15. The van der Waals surface area contributed by atoms with Crippen molar-refractivity contribution in [2.24, 2.45) is 5.92 Å². The number of aromatic nitrogens is 4. The molecule has 2 aliphatic rings. The number of halogens is 2. The zero-order valence-corrected chi connectivity index (χ0v) is 27.0. The molecule has 6 atom stereocenters. The number of esters is 2. The van der Waals surface area contributed by atoms with Gasteiger partial charge in [-0.2, -0.15) is 0 Å². The van der Waals surface area contributed by atoms with Gasteiger partial charge in [0.25, 0.3) is 11.1 Å². The molecule has 0 aliphatic carbocycles. The minimum Gasteiger partial charge on any atom is -0.394 e. The molecule has 2 aromatic heterocycles. The molecule has 17 heteroatoms. The summed E-state index contributed by atoms with van der Waals surface area (Å²) in [5, 5.41) is 18.5. The van der Waals surface area contributed by atoms with Gasteiger partial charge in [-0.3, -0.25) is 38.3 Å². The number of ether oxygens (including phenoxy) is 3. The minimum absolute atomic E-state index is 0. The minimum atomic E-state index is -0.818. The SMILES string of the molecule is C.C.CC(=O)OC(C)=O.CC[C@H]1O[C@@H](n2cc(I)c(=O)[nH]c2=O)C[C@H]1C.O=c1[nH]c(=O)n([C@H]2C[C@@H](O)[C@@H](CO)O2)cc1I. The zero-order chi connectivity index (χ0) is 31.0. The first-order chi connectivity index (χ1) is 19.2. The summed E-state index contributed by atoms with van der Waals surface area (Å²) >= 11 is 3.72. The van der Waals surface area contributed by atoms with E-state index in [0.717, 1.165) is 12.8 Å². The molecule has 4 rings (SSSR count). The molecule has 43 heavy (non-hydrogen) atoms. The Morgan fingerprint density at radius 1 is 0.907 bits per heavy atom. The molecule has 0 aromatic carbocycles. The first-order valence-corrected chi connectivity index (χ1v) is 14.6. The monoisotopic (exact) mass is 838 g/mol. The first kappa shape index (κ1) is 40.8. The van der Waals surface area contributed by atoms with E-state index in [1.807, 2.05) is 22.6 Å². The van der Waals surface area contributed by atoms with Gasteiger partial charge in [-0.05, 0) is 63.9 Å². The summed E-state index contributed by atoms with van der Waals surface area (Å²) in [5.74, 6) is -0.693. The molecule has 15 nitrogen and oxygen atoms in total. The van der Waals surface area contributed by atoms with Gasteiger partial charge in [0.2, 0.25) is 0 Å². The number of carbonyl (C=O) groups is 2. The molecule has 4 N–H and O–H groups in total. The van der Waals surface area contributed by atoms with E-state index in [1.54, 1.807) is 28.8 Å². The van der Waals surface area contributed by atoms with E-state index in [0.29, 0.717) is 13.1 Å². The fourth-order valence-corrected chi connectivity index (χ4v) is 5.01. The summed E-state index contributed by atoms with van der Waals surface area (Å²) in [6, 6.07) is 0. The Morgan fingerprint density at radius 2 is 1.33 bits per heavy atom. The molecule has 2 fully saturated rings. The van der Waals surface area contributed by atoms with Crippen LogP contribution in [0, 0.1) is 13.1 Å². The van der Waals surface area contributed by atoms with Crippen molar-refractivity contribution in [1.29, 1.82) is 0 Å². The van der Waals surface area contributed by atoms with Crippen LogP contribution in [0.25, 0.3) is 0 Å². The van der Waals surface area contributed by atoms with E-state index in [-0.39, 0.29) is 45.8 Å². The van der Waals surface area contributed by atoms with E-state index in [4.69, 9.17) is 14.6 Å². The van der Waals surface area contributed by atoms with Gasteiger partial charge in [0.05, 0.1) is 26.0 Å². The van der Waals surface area contributed by atoms with E-state index in [9.17, 15) is 33.9 Å². The summed E-state index contributed by atoms with van der Waals surface area (Å²) in [6.07, 6.45) is 2.64. The van der Waals surface area contributed by atoms with Crippen LogP contribution >= 0.6 is 45.2 Å². The van der Waals surface area contributed by atoms with Gasteiger partial charge in [0.15, 0.2) is 0 Å². The highest BCUT2D eigenvalue weighted by atomic mass is 127. The summed E-state index contributed by atoms with van der Waals surface area (Å²) < 4.78 is 18.7. The smallest absolute Gasteiger partial charge is 0.330 e. The number of H-pyrrole nitrogens is 2. The molecule has 2 aromatic rings. The number of hydrogen-bond donors (Lipinski definition) is 4. The van der Waals surface area contributed by atoms with Crippen LogP contribution in [-0.2, 0) is 23.8 Å². The lowest BCUT2D eigenvalue weighted by Crippen LogP contribution is -2.33. The molecule has 0 spiro atoms. The van der Waals surface area contributed by atoms with E-state index >= 15 is 0 Å². The molecule has 0 unspecified atom stereocenters. The van der Waals surface area contributed by atoms with E-state index < -0.39 is 47.3 Å². The van der Waals surface area contributed by atoms with Gasteiger partial charge in [0.1, 0.15) is 18.6 Å². The Balaban J connectivity index is 0.000000652. The van der Waals surface area contributed by atoms with Crippen molar-refractivity contribution < 1.29 is 34.0 Å². The fourth-order valence-electron chi connectivity index (χ4n) is 4.14. The normalized spacial score (nSPS) is 23.8. The topological polar surface area (TPSA) is 212 Å². The van der Waals surface area contributed by atoms with Crippen LogP contribution in [0.4, 0.5) is 0 Å². The maximum atomic E-state index is 11.7. The lowest BCUT2D eigenvalue weighted by atomic mass is 10.0. The Morgan fingerprint density at radius 3 is 1.65 bits per heavy atom. The average molecular weight is 838 g/mol. The van der Waals surface area contributed by atoms with Gasteiger partial charge in [0, 0.05) is 32.7 Å².